The van der Waals surface area contributed by atoms with Crippen LogP contribution < -0.4 is 0 Å². The predicted octanol–water partition coefficient (Wildman–Crippen LogP) is 1.90. The second kappa shape index (κ2) is 4.02. The standard InChI is InChI=1S/C9H14O2/c1-4-6-9(2,3)7-5-8(10)11/h4,6H2,1-3H3,(H,10,11). The lowest BCUT2D eigenvalue weighted by Gasteiger charge is -2.14. The van der Waals surface area contributed by atoms with Crippen LogP contribution in [-0.2, 0) is 4.79 Å². The maximum atomic E-state index is 10.1. The lowest BCUT2D eigenvalue weighted by Crippen LogP contribution is -2.07. The molecule has 11 heavy (non-hydrogen) atoms. The molecule has 0 fully saturated rings. The first-order valence-electron chi connectivity index (χ1n) is 3.74. The van der Waals surface area contributed by atoms with E-state index in [4.69, 9.17) is 5.11 Å². The third-order valence-corrected chi connectivity index (χ3v) is 1.38. The van der Waals surface area contributed by atoms with Gasteiger partial charge in [0.1, 0.15) is 0 Å². The average Bonchev–Trinajstić information content (AvgIpc) is 1.84. The summed E-state index contributed by atoms with van der Waals surface area (Å²) >= 11 is 0. The van der Waals surface area contributed by atoms with Gasteiger partial charge >= 0.3 is 5.97 Å². The van der Waals surface area contributed by atoms with Crippen molar-refractivity contribution >= 4 is 5.97 Å². The molecule has 0 aliphatic carbocycles. The van der Waals surface area contributed by atoms with E-state index in [1.165, 1.54) is 0 Å². The van der Waals surface area contributed by atoms with Crippen molar-refractivity contribution in [1.82, 2.24) is 0 Å². The number of carboxylic acid groups (broad SMARTS) is 1. The van der Waals surface area contributed by atoms with Gasteiger partial charge in [-0.05, 0) is 20.3 Å². The zero-order valence-corrected chi connectivity index (χ0v) is 7.27. The largest absolute Gasteiger partial charge is 0.472 e. The Kier molecular flexibility index (Phi) is 3.67. The van der Waals surface area contributed by atoms with Gasteiger partial charge in [0.25, 0.3) is 0 Å². The van der Waals surface area contributed by atoms with Gasteiger partial charge in [0, 0.05) is 11.3 Å². The van der Waals surface area contributed by atoms with Crippen LogP contribution in [0.25, 0.3) is 0 Å². The molecule has 0 unspecified atom stereocenters. The quantitative estimate of drug-likeness (QED) is 0.617. The van der Waals surface area contributed by atoms with Gasteiger partial charge in [-0.15, -0.1) is 0 Å². The average molecular weight is 154 g/mol. The van der Waals surface area contributed by atoms with E-state index in [0.717, 1.165) is 12.8 Å². The van der Waals surface area contributed by atoms with Crippen molar-refractivity contribution in [1.29, 1.82) is 0 Å². The van der Waals surface area contributed by atoms with Crippen molar-refractivity contribution < 1.29 is 9.90 Å². The van der Waals surface area contributed by atoms with E-state index in [9.17, 15) is 4.79 Å². The number of rotatable bonds is 2. The molecular formula is C9H14O2. The molecule has 0 rings (SSSR count). The van der Waals surface area contributed by atoms with Gasteiger partial charge in [0.15, 0.2) is 0 Å². The molecule has 0 heterocycles. The zero-order valence-electron chi connectivity index (χ0n) is 7.27. The summed E-state index contributed by atoms with van der Waals surface area (Å²) in [6.07, 6.45) is 1.97. The molecule has 0 aliphatic heterocycles. The number of carboxylic acids is 1. The van der Waals surface area contributed by atoms with Crippen LogP contribution in [0.3, 0.4) is 0 Å². The van der Waals surface area contributed by atoms with Gasteiger partial charge in [0.2, 0.25) is 0 Å². The molecule has 0 amide bonds. The van der Waals surface area contributed by atoms with Gasteiger partial charge in [-0.3, -0.25) is 0 Å². The Hall–Kier alpha value is -0.970. The summed E-state index contributed by atoms with van der Waals surface area (Å²) in [4.78, 5) is 10.1. The van der Waals surface area contributed by atoms with Crippen LogP contribution in [0.5, 0.6) is 0 Å². The lowest BCUT2D eigenvalue weighted by molar-refractivity contribution is -0.130. The van der Waals surface area contributed by atoms with E-state index in [1.807, 2.05) is 13.8 Å². The second-order valence-electron chi connectivity index (χ2n) is 3.19. The maximum Gasteiger partial charge on any atom is 0.381 e. The highest BCUT2D eigenvalue weighted by Crippen LogP contribution is 2.20. The maximum absolute atomic E-state index is 10.1. The fourth-order valence-electron chi connectivity index (χ4n) is 0.910. The van der Waals surface area contributed by atoms with Gasteiger partial charge in [0.05, 0.1) is 0 Å². The first-order chi connectivity index (χ1) is 4.98. The topological polar surface area (TPSA) is 37.3 Å². The van der Waals surface area contributed by atoms with Crippen molar-refractivity contribution in [2.24, 2.45) is 5.41 Å². The van der Waals surface area contributed by atoms with Crippen molar-refractivity contribution in [3.8, 4) is 11.8 Å². The fourth-order valence-corrected chi connectivity index (χ4v) is 0.910. The summed E-state index contributed by atoms with van der Waals surface area (Å²) in [6, 6.07) is 0. The summed E-state index contributed by atoms with van der Waals surface area (Å²) in [6.45, 7) is 5.96. The van der Waals surface area contributed by atoms with Crippen LogP contribution in [0, 0.1) is 17.3 Å². The molecule has 0 atom stereocenters. The van der Waals surface area contributed by atoms with Crippen LogP contribution in [0.4, 0.5) is 0 Å². The van der Waals surface area contributed by atoms with Crippen LogP contribution in [0.1, 0.15) is 33.6 Å². The molecular weight excluding hydrogens is 140 g/mol. The van der Waals surface area contributed by atoms with Gasteiger partial charge < -0.3 is 5.11 Å². The van der Waals surface area contributed by atoms with Crippen molar-refractivity contribution in [2.75, 3.05) is 0 Å². The molecule has 0 aromatic rings. The smallest absolute Gasteiger partial charge is 0.381 e. The minimum Gasteiger partial charge on any atom is -0.472 e. The van der Waals surface area contributed by atoms with E-state index in [2.05, 4.69) is 18.8 Å². The third kappa shape index (κ3) is 5.47. The number of carbonyl (C=O) groups is 1. The van der Waals surface area contributed by atoms with E-state index in [1.54, 1.807) is 0 Å². The van der Waals surface area contributed by atoms with Gasteiger partial charge in [-0.25, -0.2) is 4.79 Å². The summed E-state index contributed by atoms with van der Waals surface area (Å²) < 4.78 is 0. The molecule has 0 aromatic heterocycles. The SMILES string of the molecule is CCCC(C)(C)C#CC(=O)O. The van der Waals surface area contributed by atoms with Crippen molar-refractivity contribution in [3.05, 3.63) is 0 Å². The molecule has 2 heteroatoms. The van der Waals surface area contributed by atoms with Crippen molar-refractivity contribution in [3.63, 3.8) is 0 Å². The summed E-state index contributed by atoms with van der Waals surface area (Å²) in [5.74, 6) is 3.80. The van der Waals surface area contributed by atoms with Crippen LogP contribution in [0.2, 0.25) is 0 Å². The molecule has 0 saturated heterocycles. The normalized spacial score (nSPS) is 10.1. The Morgan fingerprint density at radius 3 is 2.45 bits per heavy atom. The second-order valence-corrected chi connectivity index (χ2v) is 3.19. The first-order valence-corrected chi connectivity index (χ1v) is 3.74. The Morgan fingerprint density at radius 1 is 1.55 bits per heavy atom. The number of hydrogen-bond donors (Lipinski definition) is 1. The monoisotopic (exact) mass is 154 g/mol. The molecule has 2 nitrogen and oxygen atoms in total. The van der Waals surface area contributed by atoms with Gasteiger partial charge in [-0.2, -0.15) is 0 Å². The number of hydrogen-bond acceptors (Lipinski definition) is 1. The highest BCUT2D eigenvalue weighted by atomic mass is 16.4. The molecule has 0 aromatic carbocycles. The Bertz CT molecular complexity index is 193. The molecule has 0 bridgehead atoms. The summed E-state index contributed by atoms with van der Waals surface area (Å²) in [5, 5.41) is 8.27. The lowest BCUT2D eigenvalue weighted by atomic mass is 9.89. The Labute approximate surface area is 67.6 Å². The van der Waals surface area contributed by atoms with Crippen LogP contribution in [0.15, 0.2) is 0 Å². The van der Waals surface area contributed by atoms with Gasteiger partial charge in [-0.1, -0.05) is 19.3 Å². The van der Waals surface area contributed by atoms with E-state index in [-0.39, 0.29) is 5.41 Å². The van der Waals surface area contributed by atoms with Crippen molar-refractivity contribution in [2.45, 2.75) is 33.6 Å². The molecule has 0 spiro atoms. The fraction of sp³-hybridized carbons (Fsp3) is 0.667. The minimum absolute atomic E-state index is 0.160. The molecule has 0 aliphatic rings. The van der Waals surface area contributed by atoms with Crippen LogP contribution in [-0.4, -0.2) is 11.1 Å². The number of aliphatic carboxylic acids is 1. The highest BCUT2D eigenvalue weighted by Gasteiger charge is 2.12. The third-order valence-electron chi connectivity index (χ3n) is 1.38. The molecule has 0 radical (unpaired) electrons. The highest BCUT2D eigenvalue weighted by molar-refractivity contribution is 5.86. The minimum atomic E-state index is -1.05. The van der Waals surface area contributed by atoms with E-state index >= 15 is 0 Å². The van der Waals surface area contributed by atoms with E-state index in [0.29, 0.717) is 0 Å². The Morgan fingerprint density at radius 2 is 2.09 bits per heavy atom. The Balaban J connectivity index is 4.13. The first kappa shape index (κ1) is 10.0. The molecule has 1 N–H and O–H groups in total. The summed E-state index contributed by atoms with van der Waals surface area (Å²) in [7, 11) is 0. The van der Waals surface area contributed by atoms with Crippen LogP contribution >= 0.6 is 0 Å². The predicted molar refractivity (Wildman–Crippen MR) is 44.1 cm³/mol. The van der Waals surface area contributed by atoms with E-state index < -0.39 is 5.97 Å². The summed E-state index contributed by atoms with van der Waals surface area (Å²) in [5.41, 5.74) is -0.160. The molecule has 0 saturated carbocycles. The molecule has 62 valence electrons. The zero-order chi connectivity index (χ0) is 8.91.